The zero-order chi connectivity index (χ0) is 29.2. The predicted molar refractivity (Wildman–Crippen MR) is 157 cm³/mol. The van der Waals surface area contributed by atoms with E-state index in [2.05, 4.69) is 47.3 Å². The van der Waals surface area contributed by atoms with Crippen molar-refractivity contribution in [3.8, 4) is 5.75 Å². The number of nitro benzene ring substituents is 1. The van der Waals surface area contributed by atoms with Crippen molar-refractivity contribution in [1.82, 2.24) is 9.66 Å². The van der Waals surface area contributed by atoms with E-state index in [0.29, 0.717) is 32.5 Å². The van der Waals surface area contributed by atoms with Crippen LogP contribution < -0.4 is 15.6 Å². The normalized spacial score (nSPS) is 11.7. The fourth-order valence-corrected chi connectivity index (χ4v) is 4.63. The lowest BCUT2D eigenvalue weighted by Gasteiger charge is -2.20. The van der Waals surface area contributed by atoms with Gasteiger partial charge in [0.05, 0.1) is 26.5 Å². The van der Waals surface area contributed by atoms with E-state index < -0.39 is 39.9 Å². The van der Waals surface area contributed by atoms with Crippen molar-refractivity contribution in [2.45, 2.75) is 26.2 Å². The second kappa shape index (κ2) is 11.6. The average molecular weight is 675 g/mol. The molecule has 206 valence electrons. The van der Waals surface area contributed by atoms with Gasteiger partial charge >= 0.3 is 5.69 Å². The van der Waals surface area contributed by atoms with Crippen LogP contribution in [0.2, 0.25) is 0 Å². The summed E-state index contributed by atoms with van der Waals surface area (Å²) in [5.74, 6) is -0.810. The lowest BCUT2D eigenvalue weighted by Crippen LogP contribution is -2.29. The lowest BCUT2D eigenvalue weighted by molar-refractivity contribution is -0.385. The summed E-state index contributed by atoms with van der Waals surface area (Å²) in [6, 6.07) is 13.0. The highest BCUT2D eigenvalue weighted by Crippen LogP contribution is 2.36. The van der Waals surface area contributed by atoms with Crippen LogP contribution in [-0.2, 0) is 10.2 Å². The Kier molecular flexibility index (Phi) is 8.45. The number of nitro groups is 1. The van der Waals surface area contributed by atoms with Crippen molar-refractivity contribution in [2.75, 3.05) is 11.9 Å². The van der Waals surface area contributed by atoms with E-state index in [1.54, 1.807) is 18.2 Å². The van der Waals surface area contributed by atoms with E-state index >= 15 is 0 Å². The number of hydrogen-bond donors (Lipinski definition) is 1. The largest absolute Gasteiger partial charge is 0.476 e. The maximum Gasteiger partial charge on any atom is 0.312 e. The summed E-state index contributed by atoms with van der Waals surface area (Å²) in [4.78, 5) is 41.5. The van der Waals surface area contributed by atoms with Crippen molar-refractivity contribution < 1.29 is 18.8 Å². The predicted octanol–water partition coefficient (Wildman–Crippen LogP) is 6.17. The second-order valence-electron chi connectivity index (χ2n) is 9.66. The maximum absolute atomic E-state index is 13.4. The van der Waals surface area contributed by atoms with Crippen LogP contribution in [0.15, 0.2) is 73.4 Å². The SMILES string of the molecule is CC(C)(C)c1nc2ccc(Br)cc2c(=O)n1N=Cc1cc(Br)c(OCC(=O)Nc2ccc(F)cc2)c([N+](=O)[O-])c1. The summed E-state index contributed by atoms with van der Waals surface area (Å²) in [5, 5.41) is 19.1. The Morgan fingerprint density at radius 3 is 2.52 bits per heavy atom. The molecule has 1 heterocycles. The summed E-state index contributed by atoms with van der Waals surface area (Å²) in [6.07, 6.45) is 1.31. The van der Waals surface area contributed by atoms with Crippen molar-refractivity contribution in [2.24, 2.45) is 5.10 Å². The van der Waals surface area contributed by atoms with Gasteiger partial charge in [0.25, 0.3) is 11.5 Å². The molecular formula is C27H22Br2FN5O5. The standard InChI is InChI=1S/C27H22Br2FN5O5/c1-27(2,3)26-33-21-9-4-16(28)12-19(21)25(37)34(26)31-13-15-10-20(29)24(22(11-15)35(38)39)40-14-23(36)32-18-7-5-17(30)6-8-18/h4-13H,14H2,1-3H3,(H,32,36). The molecule has 40 heavy (non-hydrogen) atoms. The van der Waals surface area contributed by atoms with Gasteiger partial charge in [-0.25, -0.2) is 9.37 Å². The number of amides is 1. The molecule has 0 aliphatic carbocycles. The van der Waals surface area contributed by atoms with Gasteiger partial charge < -0.3 is 10.1 Å². The highest BCUT2D eigenvalue weighted by atomic mass is 79.9. The summed E-state index contributed by atoms with van der Waals surface area (Å²) < 4.78 is 20.6. The first-order valence-electron chi connectivity index (χ1n) is 11.8. The third kappa shape index (κ3) is 6.59. The first-order chi connectivity index (χ1) is 18.8. The van der Waals surface area contributed by atoms with E-state index in [-0.39, 0.29) is 10.2 Å². The van der Waals surface area contributed by atoms with Crippen LogP contribution in [0.5, 0.6) is 5.75 Å². The zero-order valence-corrected chi connectivity index (χ0v) is 24.6. The number of anilines is 1. The van der Waals surface area contributed by atoms with E-state index in [0.717, 1.165) is 0 Å². The third-order valence-corrected chi connectivity index (χ3v) is 6.60. The van der Waals surface area contributed by atoms with Crippen LogP contribution in [0.1, 0.15) is 32.2 Å². The van der Waals surface area contributed by atoms with E-state index in [9.17, 15) is 24.1 Å². The summed E-state index contributed by atoms with van der Waals surface area (Å²) >= 11 is 6.64. The van der Waals surface area contributed by atoms with E-state index in [4.69, 9.17) is 4.74 Å². The first-order valence-corrected chi connectivity index (χ1v) is 13.4. The molecule has 4 aromatic rings. The zero-order valence-electron chi connectivity index (χ0n) is 21.4. The minimum Gasteiger partial charge on any atom is -0.476 e. The molecule has 0 atom stereocenters. The number of carbonyl (C=O) groups excluding carboxylic acids is 1. The molecule has 0 bridgehead atoms. The van der Waals surface area contributed by atoms with Crippen LogP contribution in [0, 0.1) is 15.9 Å². The summed E-state index contributed by atoms with van der Waals surface area (Å²) in [6.45, 7) is 5.15. The Bertz CT molecular complexity index is 1720. The average Bonchev–Trinajstić information content (AvgIpc) is 2.88. The van der Waals surface area contributed by atoms with Crippen LogP contribution >= 0.6 is 31.9 Å². The Labute approximate surface area is 244 Å². The molecule has 1 N–H and O–H groups in total. The van der Waals surface area contributed by atoms with Crippen molar-refractivity contribution in [1.29, 1.82) is 0 Å². The van der Waals surface area contributed by atoms with Crippen LogP contribution in [0.4, 0.5) is 15.8 Å². The number of nitrogens with one attached hydrogen (secondary N) is 1. The van der Waals surface area contributed by atoms with Crippen molar-refractivity contribution in [3.05, 3.63) is 101 Å². The number of nitrogens with zero attached hydrogens (tertiary/aromatic N) is 4. The Hall–Kier alpha value is -3.97. The lowest BCUT2D eigenvalue weighted by atomic mass is 9.95. The molecule has 0 saturated heterocycles. The molecule has 10 nitrogen and oxygen atoms in total. The maximum atomic E-state index is 13.4. The molecule has 13 heteroatoms. The highest BCUT2D eigenvalue weighted by molar-refractivity contribution is 9.10. The smallest absolute Gasteiger partial charge is 0.312 e. The van der Waals surface area contributed by atoms with E-state index in [1.165, 1.54) is 47.3 Å². The minimum absolute atomic E-state index is 0.166. The monoisotopic (exact) mass is 673 g/mol. The van der Waals surface area contributed by atoms with Gasteiger partial charge in [-0.15, -0.1) is 0 Å². The van der Waals surface area contributed by atoms with Gasteiger partial charge in [0, 0.05) is 27.2 Å². The number of aromatic nitrogens is 2. The fraction of sp³-hybridized carbons (Fsp3) is 0.185. The highest BCUT2D eigenvalue weighted by Gasteiger charge is 2.24. The Morgan fingerprint density at radius 1 is 1.18 bits per heavy atom. The van der Waals surface area contributed by atoms with Gasteiger partial charge in [-0.1, -0.05) is 36.7 Å². The first kappa shape index (κ1) is 29.0. The molecule has 0 saturated carbocycles. The van der Waals surface area contributed by atoms with Crippen LogP contribution in [-0.4, -0.2) is 33.3 Å². The van der Waals surface area contributed by atoms with Crippen LogP contribution in [0.3, 0.4) is 0 Å². The van der Waals surface area contributed by atoms with Gasteiger partial charge in [0.1, 0.15) is 11.6 Å². The number of benzene rings is 3. The minimum atomic E-state index is -0.656. The van der Waals surface area contributed by atoms with Gasteiger partial charge in [0.2, 0.25) is 5.75 Å². The third-order valence-electron chi connectivity index (χ3n) is 5.52. The van der Waals surface area contributed by atoms with Crippen LogP contribution in [0.25, 0.3) is 10.9 Å². The summed E-state index contributed by atoms with van der Waals surface area (Å²) in [7, 11) is 0. The van der Waals surface area contributed by atoms with Gasteiger partial charge in [-0.3, -0.25) is 19.7 Å². The number of hydrogen-bond acceptors (Lipinski definition) is 7. The molecule has 0 spiro atoms. The molecular weight excluding hydrogens is 653 g/mol. The molecule has 0 aliphatic rings. The number of rotatable bonds is 7. The molecule has 0 aliphatic heterocycles. The number of ether oxygens (including phenoxy) is 1. The topological polar surface area (TPSA) is 129 Å². The van der Waals surface area contributed by atoms with Gasteiger partial charge in [0.15, 0.2) is 6.61 Å². The van der Waals surface area contributed by atoms with Crippen molar-refractivity contribution in [3.63, 3.8) is 0 Å². The molecule has 0 radical (unpaired) electrons. The Balaban J connectivity index is 1.65. The number of fused-ring (bicyclic) bond motifs is 1. The van der Waals surface area contributed by atoms with Gasteiger partial charge in [-0.05, 0) is 64.5 Å². The molecule has 1 amide bonds. The molecule has 3 aromatic carbocycles. The number of halogens is 3. The van der Waals surface area contributed by atoms with E-state index in [1.807, 2.05) is 20.8 Å². The molecule has 0 unspecified atom stereocenters. The fourth-order valence-electron chi connectivity index (χ4n) is 3.69. The number of carbonyl (C=O) groups is 1. The van der Waals surface area contributed by atoms with Crippen molar-refractivity contribution >= 4 is 66.3 Å². The molecule has 1 aromatic heterocycles. The van der Waals surface area contributed by atoms with Gasteiger partial charge in [-0.2, -0.15) is 9.78 Å². The molecule has 4 rings (SSSR count). The quantitative estimate of drug-likeness (QED) is 0.142. The Morgan fingerprint density at radius 2 is 1.88 bits per heavy atom. The summed E-state index contributed by atoms with van der Waals surface area (Å²) in [5.41, 5.74) is -0.204. The second-order valence-corrected chi connectivity index (χ2v) is 11.4. The molecule has 0 fully saturated rings.